The normalized spacial score (nSPS) is 18.6. The van der Waals surface area contributed by atoms with Crippen molar-refractivity contribution in [3.05, 3.63) is 0 Å². The molecular formula is C14H27N3O4. The van der Waals surface area contributed by atoms with Gasteiger partial charge in [-0.3, -0.25) is 9.59 Å². The molecule has 1 atom stereocenters. The zero-order valence-corrected chi connectivity index (χ0v) is 13.0. The molecule has 2 amide bonds. The summed E-state index contributed by atoms with van der Waals surface area (Å²) in [5.74, 6) is -0.286. The molecule has 0 aromatic heterocycles. The lowest BCUT2D eigenvalue weighted by Gasteiger charge is -2.18. The maximum absolute atomic E-state index is 11.9. The fraction of sp³-hybridized carbons (Fsp3) is 0.857. The van der Waals surface area contributed by atoms with Gasteiger partial charge in [0.1, 0.15) is 0 Å². The van der Waals surface area contributed by atoms with E-state index in [1.165, 1.54) is 0 Å². The van der Waals surface area contributed by atoms with Crippen LogP contribution in [0.25, 0.3) is 0 Å². The second-order valence-electron chi connectivity index (χ2n) is 5.52. The van der Waals surface area contributed by atoms with E-state index in [0.717, 1.165) is 13.0 Å². The number of rotatable bonds is 10. The number of aliphatic hydroxyl groups excluding tert-OH is 1. The first-order valence-corrected chi connectivity index (χ1v) is 7.43. The molecular weight excluding hydrogens is 274 g/mol. The van der Waals surface area contributed by atoms with Crippen LogP contribution in [0, 0.1) is 5.92 Å². The molecule has 1 aliphatic rings. The molecule has 1 aliphatic heterocycles. The van der Waals surface area contributed by atoms with E-state index in [0.29, 0.717) is 32.7 Å². The largest absolute Gasteiger partial charge is 0.394 e. The molecule has 1 rings (SSSR count). The molecule has 0 aromatic rings. The second kappa shape index (κ2) is 9.70. The van der Waals surface area contributed by atoms with Crippen LogP contribution in [0.1, 0.15) is 12.8 Å². The Balaban J connectivity index is 2.21. The van der Waals surface area contributed by atoms with Crippen molar-refractivity contribution in [2.45, 2.75) is 12.8 Å². The summed E-state index contributed by atoms with van der Waals surface area (Å²) in [6.07, 6.45) is 1.22. The zero-order chi connectivity index (χ0) is 15.7. The number of nitrogens with zero attached hydrogens (tertiary/aromatic N) is 2. The van der Waals surface area contributed by atoms with Crippen molar-refractivity contribution in [2.75, 3.05) is 60.1 Å². The van der Waals surface area contributed by atoms with Gasteiger partial charge in [-0.05, 0) is 27.1 Å². The molecule has 1 heterocycles. The molecule has 0 aliphatic carbocycles. The Morgan fingerprint density at radius 2 is 2.24 bits per heavy atom. The molecule has 0 aromatic carbocycles. The van der Waals surface area contributed by atoms with Crippen LogP contribution in [0.15, 0.2) is 0 Å². The van der Waals surface area contributed by atoms with Gasteiger partial charge in [0, 0.05) is 26.1 Å². The molecule has 1 fully saturated rings. The topological polar surface area (TPSA) is 82.1 Å². The molecule has 7 nitrogen and oxygen atoms in total. The summed E-state index contributed by atoms with van der Waals surface area (Å²) in [4.78, 5) is 27.7. The Morgan fingerprint density at radius 1 is 1.48 bits per heavy atom. The van der Waals surface area contributed by atoms with Crippen LogP contribution in [-0.4, -0.2) is 86.8 Å². The molecule has 0 spiro atoms. The van der Waals surface area contributed by atoms with Gasteiger partial charge in [0.2, 0.25) is 11.8 Å². The first kappa shape index (κ1) is 17.9. The number of nitrogens with one attached hydrogen (secondary N) is 1. The van der Waals surface area contributed by atoms with Crippen molar-refractivity contribution < 1.29 is 19.4 Å². The number of carbonyl (C=O) groups excluding carboxylic acids is 2. The van der Waals surface area contributed by atoms with Crippen LogP contribution in [0.5, 0.6) is 0 Å². The summed E-state index contributed by atoms with van der Waals surface area (Å²) in [5.41, 5.74) is 0. The van der Waals surface area contributed by atoms with E-state index in [1.54, 1.807) is 4.90 Å². The highest BCUT2D eigenvalue weighted by Gasteiger charge is 2.33. The molecule has 2 N–H and O–H groups in total. The Bertz CT molecular complexity index is 336. The van der Waals surface area contributed by atoms with E-state index in [4.69, 9.17) is 9.84 Å². The molecule has 1 saturated heterocycles. The van der Waals surface area contributed by atoms with Crippen LogP contribution in [-0.2, 0) is 14.3 Å². The van der Waals surface area contributed by atoms with E-state index in [2.05, 4.69) is 10.2 Å². The SMILES string of the molecule is CN(C)CCCN1CC(C(=O)NCCOCCO)CC1=O. The maximum Gasteiger partial charge on any atom is 0.225 e. The average Bonchev–Trinajstić information content (AvgIpc) is 2.79. The molecule has 0 bridgehead atoms. The highest BCUT2D eigenvalue weighted by Crippen LogP contribution is 2.18. The lowest BCUT2D eigenvalue weighted by atomic mass is 10.1. The van der Waals surface area contributed by atoms with Crippen LogP contribution in [0.4, 0.5) is 0 Å². The second-order valence-corrected chi connectivity index (χ2v) is 5.52. The summed E-state index contributed by atoms with van der Waals surface area (Å²) in [6, 6.07) is 0. The lowest BCUT2D eigenvalue weighted by molar-refractivity contribution is -0.129. The summed E-state index contributed by atoms with van der Waals surface area (Å²) in [6.45, 7) is 3.19. The number of likely N-dealkylation sites (tertiary alicyclic amines) is 1. The van der Waals surface area contributed by atoms with E-state index >= 15 is 0 Å². The van der Waals surface area contributed by atoms with E-state index in [-0.39, 0.29) is 30.9 Å². The van der Waals surface area contributed by atoms with Gasteiger partial charge >= 0.3 is 0 Å². The number of aliphatic hydroxyl groups is 1. The van der Waals surface area contributed by atoms with Gasteiger partial charge < -0.3 is 25.0 Å². The molecule has 122 valence electrons. The minimum atomic E-state index is -0.255. The monoisotopic (exact) mass is 301 g/mol. The molecule has 0 radical (unpaired) electrons. The number of carbonyl (C=O) groups is 2. The van der Waals surface area contributed by atoms with E-state index in [1.807, 2.05) is 14.1 Å². The summed E-state index contributed by atoms with van der Waals surface area (Å²) < 4.78 is 5.07. The number of amides is 2. The van der Waals surface area contributed by atoms with E-state index < -0.39 is 0 Å². The van der Waals surface area contributed by atoms with Crippen molar-refractivity contribution in [3.63, 3.8) is 0 Å². The highest BCUT2D eigenvalue weighted by atomic mass is 16.5. The number of hydrogen-bond donors (Lipinski definition) is 2. The van der Waals surface area contributed by atoms with Crippen molar-refractivity contribution in [3.8, 4) is 0 Å². The Labute approximate surface area is 126 Å². The summed E-state index contributed by atoms with van der Waals surface area (Å²) in [7, 11) is 4.00. The van der Waals surface area contributed by atoms with Gasteiger partial charge in [-0.2, -0.15) is 0 Å². The Hall–Kier alpha value is -1.18. The number of ether oxygens (including phenoxy) is 1. The highest BCUT2D eigenvalue weighted by molar-refractivity contribution is 5.89. The minimum Gasteiger partial charge on any atom is -0.394 e. The van der Waals surface area contributed by atoms with Gasteiger partial charge in [-0.25, -0.2) is 0 Å². The van der Waals surface area contributed by atoms with Crippen molar-refractivity contribution >= 4 is 11.8 Å². The summed E-state index contributed by atoms with van der Waals surface area (Å²) in [5, 5.41) is 11.3. The zero-order valence-electron chi connectivity index (χ0n) is 13.0. The minimum absolute atomic E-state index is 0.0209. The third-order valence-electron chi connectivity index (χ3n) is 3.40. The maximum atomic E-state index is 11.9. The quantitative estimate of drug-likeness (QED) is 0.501. The number of hydrogen-bond acceptors (Lipinski definition) is 5. The molecule has 21 heavy (non-hydrogen) atoms. The summed E-state index contributed by atoms with van der Waals surface area (Å²) >= 11 is 0. The van der Waals surface area contributed by atoms with Crippen molar-refractivity contribution in [2.24, 2.45) is 5.92 Å². The fourth-order valence-electron chi connectivity index (χ4n) is 2.30. The van der Waals surface area contributed by atoms with Gasteiger partial charge in [-0.1, -0.05) is 0 Å². The predicted octanol–water partition coefficient (Wildman–Crippen LogP) is -1.09. The molecule has 7 heteroatoms. The Morgan fingerprint density at radius 3 is 2.90 bits per heavy atom. The van der Waals surface area contributed by atoms with Crippen molar-refractivity contribution in [1.29, 1.82) is 0 Å². The predicted molar refractivity (Wildman–Crippen MR) is 78.8 cm³/mol. The third kappa shape index (κ3) is 6.88. The fourth-order valence-corrected chi connectivity index (χ4v) is 2.30. The first-order valence-electron chi connectivity index (χ1n) is 7.43. The smallest absolute Gasteiger partial charge is 0.225 e. The molecule has 0 saturated carbocycles. The Kier molecular flexibility index (Phi) is 8.26. The van der Waals surface area contributed by atoms with Gasteiger partial charge in [0.25, 0.3) is 0 Å². The first-order chi connectivity index (χ1) is 10.0. The van der Waals surface area contributed by atoms with Crippen LogP contribution < -0.4 is 5.32 Å². The molecule has 1 unspecified atom stereocenters. The standard InChI is InChI=1S/C14H27N3O4/c1-16(2)5-3-6-17-11-12(10-13(17)19)14(20)15-4-8-21-9-7-18/h12,18H,3-11H2,1-2H3,(H,15,20). The van der Waals surface area contributed by atoms with E-state index in [9.17, 15) is 9.59 Å². The third-order valence-corrected chi connectivity index (χ3v) is 3.40. The average molecular weight is 301 g/mol. The van der Waals surface area contributed by atoms with Gasteiger partial charge in [0.15, 0.2) is 0 Å². The van der Waals surface area contributed by atoms with Gasteiger partial charge in [0.05, 0.1) is 25.7 Å². The van der Waals surface area contributed by atoms with Crippen LogP contribution in [0.3, 0.4) is 0 Å². The van der Waals surface area contributed by atoms with Crippen LogP contribution in [0.2, 0.25) is 0 Å². The van der Waals surface area contributed by atoms with Crippen LogP contribution >= 0.6 is 0 Å². The van der Waals surface area contributed by atoms with Crippen molar-refractivity contribution in [1.82, 2.24) is 15.1 Å². The lowest BCUT2D eigenvalue weighted by Crippen LogP contribution is -2.35. The van der Waals surface area contributed by atoms with Gasteiger partial charge in [-0.15, -0.1) is 0 Å².